The lowest BCUT2D eigenvalue weighted by Gasteiger charge is -2.28. The number of fused-ring (bicyclic) bond motifs is 1. The summed E-state index contributed by atoms with van der Waals surface area (Å²) in [6.07, 6.45) is 0.215. The molecule has 9 nitrogen and oxygen atoms in total. The summed E-state index contributed by atoms with van der Waals surface area (Å²) in [5.74, 6) is -12.6. The van der Waals surface area contributed by atoms with Crippen LogP contribution in [-0.2, 0) is 14.4 Å². The summed E-state index contributed by atoms with van der Waals surface area (Å²) >= 11 is 0. The predicted octanol–water partition coefficient (Wildman–Crippen LogP) is 4.06. The summed E-state index contributed by atoms with van der Waals surface area (Å²) in [6.45, 7) is 4.66. The van der Waals surface area contributed by atoms with Gasteiger partial charge < -0.3 is 25.7 Å². The maximum absolute atomic E-state index is 14.1. The molecule has 3 atom stereocenters. The molecule has 1 saturated heterocycles. The number of H-pyrrole nitrogens is 1. The van der Waals surface area contributed by atoms with Gasteiger partial charge in [0.15, 0.2) is 23.2 Å². The molecule has 2 aromatic carbocycles. The molecule has 0 spiro atoms. The van der Waals surface area contributed by atoms with Gasteiger partial charge in [0, 0.05) is 29.4 Å². The Labute approximate surface area is 248 Å². The summed E-state index contributed by atoms with van der Waals surface area (Å²) in [7, 11) is 0. The SMILES string of the molecule is CC(C)(C)CC(NC(=O)c1cc2cc(F)ccc2[nH]1)C(=O)NC(C[C@@H]1CCNC1=O)C(=O)COc1c(F)c(F)cc(F)c1F. The van der Waals surface area contributed by atoms with Gasteiger partial charge in [-0.15, -0.1) is 0 Å². The van der Waals surface area contributed by atoms with E-state index in [1.165, 1.54) is 24.3 Å². The van der Waals surface area contributed by atoms with Gasteiger partial charge in [-0.3, -0.25) is 19.2 Å². The molecule has 1 aliphatic heterocycles. The molecule has 3 amide bonds. The first-order chi connectivity index (χ1) is 20.6. The van der Waals surface area contributed by atoms with Crippen molar-refractivity contribution in [3.8, 4) is 5.75 Å². The highest BCUT2D eigenvalue weighted by Crippen LogP contribution is 2.27. The van der Waals surface area contributed by atoms with Crippen LogP contribution in [0.2, 0.25) is 0 Å². The number of hydrogen-bond donors (Lipinski definition) is 4. The van der Waals surface area contributed by atoms with Crippen LogP contribution in [-0.4, -0.2) is 53.7 Å². The largest absolute Gasteiger partial charge is 0.479 e. The van der Waals surface area contributed by atoms with Crippen molar-refractivity contribution >= 4 is 34.4 Å². The van der Waals surface area contributed by atoms with E-state index >= 15 is 0 Å². The second-order valence-corrected chi connectivity index (χ2v) is 11.8. The number of carbonyl (C=O) groups excluding carboxylic acids is 4. The molecule has 4 rings (SSSR count). The zero-order chi connectivity index (χ0) is 32.3. The van der Waals surface area contributed by atoms with E-state index in [1.54, 1.807) is 0 Å². The van der Waals surface area contributed by atoms with Crippen LogP contribution in [0, 0.1) is 40.4 Å². The smallest absolute Gasteiger partial charge is 0.268 e. The van der Waals surface area contributed by atoms with Crippen molar-refractivity contribution in [3.63, 3.8) is 0 Å². The maximum Gasteiger partial charge on any atom is 0.268 e. The van der Waals surface area contributed by atoms with Crippen molar-refractivity contribution in [2.24, 2.45) is 11.3 Å². The highest BCUT2D eigenvalue weighted by molar-refractivity contribution is 6.01. The summed E-state index contributed by atoms with van der Waals surface area (Å²) in [4.78, 5) is 55.0. The van der Waals surface area contributed by atoms with Crippen molar-refractivity contribution < 1.29 is 45.9 Å². The van der Waals surface area contributed by atoms with Crippen LogP contribution in [0.5, 0.6) is 5.75 Å². The van der Waals surface area contributed by atoms with E-state index in [-0.39, 0.29) is 30.5 Å². The van der Waals surface area contributed by atoms with Crippen LogP contribution < -0.4 is 20.7 Å². The second kappa shape index (κ2) is 13.0. The number of benzene rings is 2. The van der Waals surface area contributed by atoms with Crippen molar-refractivity contribution in [2.45, 2.75) is 52.1 Å². The van der Waals surface area contributed by atoms with Gasteiger partial charge in [0.1, 0.15) is 24.2 Å². The zero-order valence-electron chi connectivity index (χ0n) is 24.1. The van der Waals surface area contributed by atoms with Crippen molar-refractivity contribution in [2.75, 3.05) is 13.2 Å². The number of halogens is 5. The molecular formula is C30H31F5N4O5. The van der Waals surface area contributed by atoms with E-state index in [4.69, 9.17) is 4.74 Å². The van der Waals surface area contributed by atoms with Crippen LogP contribution in [0.3, 0.4) is 0 Å². The Hall–Kier alpha value is -4.49. The highest BCUT2D eigenvalue weighted by atomic mass is 19.2. The molecule has 3 aromatic rings. The van der Waals surface area contributed by atoms with E-state index < -0.39 is 82.5 Å². The van der Waals surface area contributed by atoms with E-state index in [0.717, 1.165) is 0 Å². The minimum Gasteiger partial charge on any atom is -0.479 e. The molecule has 2 heterocycles. The summed E-state index contributed by atoms with van der Waals surface area (Å²) in [5, 5.41) is 8.16. The molecule has 0 radical (unpaired) electrons. The fraction of sp³-hybridized carbons (Fsp3) is 0.400. The van der Waals surface area contributed by atoms with Crippen LogP contribution in [0.25, 0.3) is 10.9 Å². The Morgan fingerprint density at radius 3 is 2.27 bits per heavy atom. The molecule has 14 heteroatoms. The molecule has 0 bridgehead atoms. The molecular weight excluding hydrogens is 591 g/mol. The Kier molecular flexibility index (Phi) is 9.59. The molecule has 0 aliphatic carbocycles. The number of ether oxygens (including phenoxy) is 1. The van der Waals surface area contributed by atoms with Crippen LogP contribution in [0.4, 0.5) is 22.0 Å². The van der Waals surface area contributed by atoms with Crippen molar-refractivity contribution in [1.82, 2.24) is 20.9 Å². The lowest BCUT2D eigenvalue weighted by molar-refractivity contribution is -0.131. The van der Waals surface area contributed by atoms with E-state index in [1.807, 2.05) is 20.8 Å². The third-order valence-corrected chi connectivity index (χ3v) is 7.08. The molecule has 1 aliphatic rings. The topological polar surface area (TPSA) is 129 Å². The Bertz CT molecular complexity index is 1580. The average molecular weight is 623 g/mol. The molecule has 2 unspecified atom stereocenters. The average Bonchev–Trinajstić information content (AvgIpc) is 3.55. The fourth-order valence-corrected chi connectivity index (χ4v) is 4.90. The standard InChI is InChI=1S/C30H31F5N4O5/c1-30(2,3)12-22(39-28(42)21-10-15-8-16(31)4-5-19(15)37-21)29(43)38-20(9-14-6-7-36-27(14)41)23(40)13-44-26-24(34)17(32)11-18(33)25(26)35/h4-5,8,10-11,14,20,22,37H,6-7,9,12-13H2,1-3H3,(H,36,41)(H,38,43)(H,39,42)/t14-,20?,22?/m0/s1. The van der Waals surface area contributed by atoms with Gasteiger partial charge >= 0.3 is 0 Å². The molecule has 4 N–H and O–H groups in total. The van der Waals surface area contributed by atoms with Gasteiger partial charge in [-0.05, 0) is 48.9 Å². The monoisotopic (exact) mass is 622 g/mol. The second-order valence-electron chi connectivity index (χ2n) is 11.8. The molecule has 0 saturated carbocycles. The first-order valence-electron chi connectivity index (χ1n) is 13.8. The zero-order valence-corrected chi connectivity index (χ0v) is 24.1. The van der Waals surface area contributed by atoms with Crippen molar-refractivity contribution in [1.29, 1.82) is 0 Å². The summed E-state index contributed by atoms with van der Waals surface area (Å²) < 4.78 is 73.9. The lowest BCUT2D eigenvalue weighted by Crippen LogP contribution is -2.54. The van der Waals surface area contributed by atoms with E-state index in [0.29, 0.717) is 23.9 Å². The minimum absolute atomic E-state index is 0.0150. The Morgan fingerprint density at radius 1 is 0.977 bits per heavy atom. The Balaban J connectivity index is 1.54. The van der Waals surface area contributed by atoms with Gasteiger partial charge in [-0.25, -0.2) is 13.2 Å². The van der Waals surface area contributed by atoms with E-state index in [9.17, 15) is 41.1 Å². The quantitative estimate of drug-likeness (QED) is 0.190. The number of carbonyl (C=O) groups is 4. The van der Waals surface area contributed by atoms with Crippen LogP contribution in [0.15, 0.2) is 30.3 Å². The molecule has 44 heavy (non-hydrogen) atoms. The number of amides is 3. The number of ketones is 1. The third-order valence-electron chi connectivity index (χ3n) is 7.08. The highest BCUT2D eigenvalue weighted by Gasteiger charge is 2.35. The minimum atomic E-state index is -1.85. The van der Waals surface area contributed by atoms with Gasteiger partial charge in [0.25, 0.3) is 5.91 Å². The number of nitrogens with one attached hydrogen (secondary N) is 4. The molecule has 1 fully saturated rings. The van der Waals surface area contributed by atoms with Crippen LogP contribution in [0.1, 0.15) is 50.5 Å². The van der Waals surface area contributed by atoms with E-state index in [2.05, 4.69) is 20.9 Å². The summed E-state index contributed by atoms with van der Waals surface area (Å²) in [5.41, 5.74) is 0.0239. The molecule has 236 valence electrons. The van der Waals surface area contributed by atoms with Gasteiger partial charge in [-0.1, -0.05) is 20.8 Å². The predicted molar refractivity (Wildman–Crippen MR) is 148 cm³/mol. The summed E-state index contributed by atoms with van der Waals surface area (Å²) in [6, 6.07) is 2.66. The van der Waals surface area contributed by atoms with Crippen molar-refractivity contribution in [3.05, 3.63) is 65.1 Å². The number of hydrogen-bond acceptors (Lipinski definition) is 5. The van der Waals surface area contributed by atoms with Gasteiger partial charge in [-0.2, -0.15) is 8.78 Å². The van der Waals surface area contributed by atoms with Gasteiger partial charge in [0.05, 0.1) is 6.04 Å². The first-order valence-corrected chi connectivity index (χ1v) is 13.8. The number of aromatic nitrogens is 1. The normalized spacial score (nSPS) is 16.4. The number of Topliss-reactive ketones (excluding diaryl/α,β-unsaturated/α-hetero) is 1. The van der Waals surface area contributed by atoms with Gasteiger partial charge in [0.2, 0.25) is 23.4 Å². The lowest BCUT2D eigenvalue weighted by atomic mass is 9.87. The first kappa shape index (κ1) is 32.4. The molecule has 1 aromatic heterocycles. The maximum atomic E-state index is 14.1. The third kappa shape index (κ3) is 7.71. The Morgan fingerprint density at radius 2 is 1.66 bits per heavy atom. The van der Waals surface area contributed by atoms with Crippen LogP contribution >= 0.6 is 0 Å². The number of aromatic amines is 1. The fourth-order valence-electron chi connectivity index (χ4n) is 4.90. The number of rotatable bonds is 11.